The van der Waals surface area contributed by atoms with Crippen LogP contribution in [0.15, 0.2) is 12.7 Å². The number of nitrogens with zero attached hydrogens (tertiary/aromatic N) is 2. The second-order valence-electron chi connectivity index (χ2n) is 3.99. The zero-order valence-electron chi connectivity index (χ0n) is 10.8. The Morgan fingerprint density at radius 1 is 1.50 bits per heavy atom. The van der Waals surface area contributed by atoms with Crippen molar-refractivity contribution in [2.45, 2.75) is 26.8 Å². The Morgan fingerprint density at radius 2 is 2.22 bits per heavy atom. The molecule has 4 nitrogen and oxygen atoms in total. The predicted molar refractivity (Wildman–Crippen MR) is 80.1 cm³/mol. The first-order valence-corrected chi connectivity index (χ1v) is 6.67. The first-order chi connectivity index (χ1) is 8.56. The van der Waals surface area contributed by atoms with E-state index in [9.17, 15) is 0 Å². The van der Waals surface area contributed by atoms with E-state index in [1.165, 1.54) is 0 Å². The Hall–Kier alpha value is -1.07. The largest absolute Gasteiger partial charge is 0.363 e. The monoisotopic (exact) mass is 286 g/mol. The van der Waals surface area contributed by atoms with E-state index in [1.54, 1.807) is 6.08 Å². The van der Waals surface area contributed by atoms with Gasteiger partial charge in [0.05, 0.1) is 16.4 Å². The number of nitrogens with one attached hydrogen (secondary N) is 2. The van der Waals surface area contributed by atoms with Crippen LogP contribution < -0.4 is 10.6 Å². The average molecular weight is 287 g/mol. The van der Waals surface area contributed by atoms with Crippen LogP contribution in [0.3, 0.4) is 0 Å². The van der Waals surface area contributed by atoms with Gasteiger partial charge in [-0.05, 0) is 32.5 Å². The number of hydrogen-bond donors (Lipinski definition) is 2. The van der Waals surface area contributed by atoms with Crippen LogP contribution in [-0.2, 0) is 6.54 Å². The molecule has 6 heteroatoms. The van der Waals surface area contributed by atoms with Crippen molar-refractivity contribution in [3.8, 4) is 0 Å². The summed E-state index contributed by atoms with van der Waals surface area (Å²) in [5, 5.41) is 11.9. The van der Waals surface area contributed by atoms with Crippen molar-refractivity contribution in [1.82, 2.24) is 20.4 Å². The zero-order chi connectivity index (χ0) is 13.5. The quantitative estimate of drug-likeness (QED) is 0.478. The molecule has 1 heterocycles. The minimum atomic E-state index is 0.654. The molecule has 0 aromatic carbocycles. The van der Waals surface area contributed by atoms with Crippen molar-refractivity contribution >= 4 is 28.9 Å². The third-order valence-corrected chi connectivity index (χ3v) is 3.37. The van der Waals surface area contributed by atoms with Crippen LogP contribution in [-0.4, -0.2) is 28.0 Å². The lowest BCUT2D eigenvalue weighted by atomic mass is 10.4. The van der Waals surface area contributed by atoms with E-state index >= 15 is 0 Å². The summed E-state index contributed by atoms with van der Waals surface area (Å²) in [6.45, 7) is 9.82. The second-order valence-corrected chi connectivity index (χ2v) is 4.77. The van der Waals surface area contributed by atoms with E-state index in [0.717, 1.165) is 35.9 Å². The molecule has 18 heavy (non-hydrogen) atoms. The van der Waals surface area contributed by atoms with Crippen LogP contribution in [0.2, 0.25) is 5.02 Å². The molecule has 2 N–H and O–H groups in total. The van der Waals surface area contributed by atoms with Crippen LogP contribution in [0.5, 0.6) is 0 Å². The standard InChI is InChI=1S/C12H19ClN4S/c1-4-6-14-12(18)15-7-5-8-17-10(3)11(13)9(2)16-17/h4H,1,5-8H2,2-3H3,(H2,14,15,18). The Morgan fingerprint density at radius 3 is 2.78 bits per heavy atom. The van der Waals surface area contributed by atoms with Crippen LogP contribution in [0.4, 0.5) is 0 Å². The molecule has 0 aliphatic carbocycles. The molecule has 100 valence electrons. The number of thiocarbonyl (C=S) groups is 1. The van der Waals surface area contributed by atoms with Crippen molar-refractivity contribution < 1.29 is 0 Å². The Kier molecular flexibility index (Phi) is 6.15. The van der Waals surface area contributed by atoms with Crippen LogP contribution >= 0.6 is 23.8 Å². The molecule has 0 unspecified atom stereocenters. The minimum Gasteiger partial charge on any atom is -0.363 e. The van der Waals surface area contributed by atoms with Crippen molar-refractivity contribution in [2.75, 3.05) is 13.1 Å². The third kappa shape index (κ3) is 4.31. The fourth-order valence-electron chi connectivity index (χ4n) is 1.55. The van der Waals surface area contributed by atoms with Gasteiger partial charge in [-0.3, -0.25) is 4.68 Å². The van der Waals surface area contributed by atoms with Crippen molar-refractivity contribution in [1.29, 1.82) is 0 Å². The van der Waals surface area contributed by atoms with E-state index in [2.05, 4.69) is 22.3 Å². The van der Waals surface area contributed by atoms with Gasteiger partial charge in [-0.2, -0.15) is 5.10 Å². The van der Waals surface area contributed by atoms with Gasteiger partial charge in [-0.25, -0.2) is 0 Å². The van der Waals surface area contributed by atoms with Gasteiger partial charge in [0.25, 0.3) is 0 Å². The summed E-state index contributed by atoms with van der Waals surface area (Å²) in [5.74, 6) is 0. The predicted octanol–water partition coefficient (Wildman–Crippen LogP) is 2.19. The molecule has 1 aromatic rings. The Balaban J connectivity index is 2.27. The first-order valence-electron chi connectivity index (χ1n) is 5.88. The highest BCUT2D eigenvalue weighted by Gasteiger charge is 2.08. The number of halogens is 1. The summed E-state index contributed by atoms with van der Waals surface area (Å²) >= 11 is 11.2. The smallest absolute Gasteiger partial charge is 0.166 e. The maximum absolute atomic E-state index is 6.08. The Bertz CT molecular complexity index is 428. The van der Waals surface area contributed by atoms with E-state index in [4.69, 9.17) is 23.8 Å². The lowest BCUT2D eigenvalue weighted by Crippen LogP contribution is -2.36. The fraction of sp³-hybridized carbons (Fsp3) is 0.500. The SMILES string of the molecule is C=CCNC(=S)NCCCn1nc(C)c(Cl)c1C. The summed E-state index contributed by atoms with van der Waals surface area (Å²) < 4.78 is 1.93. The average Bonchev–Trinajstić information content (AvgIpc) is 2.60. The van der Waals surface area contributed by atoms with Gasteiger partial charge in [0.1, 0.15) is 0 Å². The molecule has 1 aromatic heterocycles. The number of hydrogen-bond acceptors (Lipinski definition) is 2. The molecule has 1 rings (SSSR count). The molecular formula is C12H19ClN4S. The molecule has 0 aliphatic rings. The van der Waals surface area contributed by atoms with Gasteiger partial charge in [0.2, 0.25) is 0 Å². The van der Waals surface area contributed by atoms with Crippen molar-refractivity contribution in [3.05, 3.63) is 29.1 Å². The van der Waals surface area contributed by atoms with Crippen LogP contribution in [0.1, 0.15) is 17.8 Å². The van der Waals surface area contributed by atoms with Gasteiger partial charge >= 0.3 is 0 Å². The molecule has 0 bridgehead atoms. The summed E-state index contributed by atoms with van der Waals surface area (Å²) in [6.07, 6.45) is 2.71. The second kappa shape index (κ2) is 7.38. The molecule has 0 atom stereocenters. The van der Waals surface area contributed by atoms with Crippen LogP contribution in [0, 0.1) is 13.8 Å². The van der Waals surface area contributed by atoms with Crippen molar-refractivity contribution in [3.63, 3.8) is 0 Å². The van der Waals surface area contributed by atoms with E-state index in [0.29, 0.717) is 11.7 Å². The van der Waals surface area contributed by atoms with Gasteiger partial charge in [-0.15, -0.1) is 6.58 Å². The van der Waals surface area contributed by atoms with Gasteiger partial charge in [0.15, 0.2) is 5.11 Å². The molecular weight excluding hydrogens is 268 g/mol. The summed E-state index contributed by atoms with van der Waals surface area (Å²) in [5.41, 5.74) is 1.90. The van der Waals surface area contributed by atoms with Crippen LogP contribution in [0.25, 0.3) is 0 Å². The highest BCUT2D eigenvalue weighted by atomic mass is 35.5. The summed E-state index contributed by atoms with van der Waals surface area (Å²) in [4.78, 5) is 0. The highest BCUT2D eigenvalue weighted by Crippen LogP contribution is 2.18. The maximum atomic E-state index is 6.08. The highest BCUT2D eigenvalue weighted by molar-refractivity contribution is 7.80. The summed E-state index contributed by atoms with van der Waals surface area (Å²) in [6, 6.07) is 0. The molecule has 0 saturated heterocycles. The zero-order valence-corrected chi connectivity index (χ0v) is 12.4. The number of aromatic nitrogens is 2. The fourth-order valence-corrected chi connectivity index (χ4v) is 1.87. The van der Waals surface area contributed by atoms with Gasteiger partial charge in [-0.1, -0.05) is 17.7 Å². The minimum absolute atomic E-state index is 0.654. The Labute approximate surface area is 118 Å². The topological polar surface area (TPSA) is 41.9 Å². The third-order valence-electron chi connectivity index (χ3n) is 2.53. The normalized spacial score (nSPS) is 10.2. The molecule has 0 fully saturated rings. The van der Waals surface area contributed by atoms with E-state index in [-0.39, 0.29) is 0 Å². The maximum Gasteiger partial charge on any atom is 0.166 e. The van der Waals surface area contributed by atoms with Gasteiger partial charge < -0.3 is 10.6 Å². The number of aryl methyl sites for hydroxylation is 2. The molecule has 0 radical (unpaired) electrons. The lowest BCUT2D eigenvalue weighted by molar-refractivity contribution is 0.557. The first kappa shape index (κ1) is 15.0. The number of rotatable bonds is 6. The lowest BCUT2D eigenvalue weighted by Gasteiger charge is -2.09. The molecule has 0 aliphatic heterocycles. The van der Waals surface area contributed by atoms with Crippen molar-refractivity contribution in [2.24, 2.45) is 0 Å². The summed E-state index contributed by atoms with van der Waals surface area (Å²) in [7, 11) is 0. The molecule has 0 saturated carbocycles. The van der Waals surface area contributed by atoms with E-state index < -0.39 is 0 Å². The van der Waals surface area contributed by atoms with Gasteiger partial charge in [0, 0.05) is 19.6 Å². The molecule has 0 amide bonds. The van der Waals surface area contributed by atoms with E-state index in [1.807, 2.05) is 18.5 Å². The molecule has 0 spiro atoms.